The fourth-order valence-corrected chi connectivity index (χ4v) is 3.02. The summed E-state index contributed by atoms with van der Waals surface area (Å²) in [5, 5.41) is 0.750. The molecule has 0 aliphatic rings. The van der Waals surface area contributed by atoms with E-state index in [-0.39, 0.29) is 12.4 Å². The van der Waals surface area contributed by atoms with Crippen molar-refractivity contribution in [1.29, 1.82) is 0 Å². The summed E-state index contributed by atoms with van der Waals surface area (Å²) >= 11 is 11.8. The average Bonchev–Trinajstić information content (AvgIpc) is 2.74. The highest BCUT2D eigenvalue weighted by Gasteiger charge is 2.10. The summed E-state index contributed by atoms with van der Waals surface area (Å²) in [6, 6.07) is 19.9. The van der Waals surface area contributed by atoms with Gasteiger partial charge in [0.25, 0.3) is 0 Å². The van der Waals surface area contributed by atoms with E-state index in [0.717, 1.165) is 22.3 Å². The van der Waals surface area contributed by atoms with Crippen molar-refractivity contribution < 1.29 is 9.53 Å². The molecule has 0 bridgehead atoms. The van der Waals surface area contributed by atoms with Crippen LogP contribution in [-0.2, 0) is 0 Å². The highest BCUT2D eigenvalue weighted by atomic mass is 35.5. The van der Waals surface area contributed by atoms with Gasteiger partial charge >= 0.3 is 0 Å². The van der Waals surface area contributed by atoms with Gasteiger partial charge in [0, 0.05) is 11.1 Å². The summed E-state index contributed by atoms with van der Waals surface area (Å²) in [5.74, 6) is 0.411. The maximum absolute atomic E-state index is 12.2. The van der Waals surface area contributed by atoms with Gasteiger partial charge in [0.05, 0.1) is 33.0 Å². The van der Waals surface area contributed by atoms with Crippen molar-refractivity contribution in [2.75, 3.05) is 6.61 Å². The molecular formula is C22H14Cl2N2O2. The highest BCUT2D eigenvalue weighted by Crippen LogP contribution is 2.24. The third-order valence-corrected chi connectivity index (χ3v) is 4.95. The Labute approximate surface area is 171 Å². The summed E-state index contributed by atoms with van der Waals surface area (Å²) in [7, 11) is 0. The van der Waals surface area contributed by atoms with Crippen LogP contribution in [0.5, 0.6) is 5.75 Å². The number of carbonyl (C=O) groups excluding carboxylic acids is 1. The third kappa shape index (κ3) is 3.98. The predicted molar refractivity (Wildman–Crippen MR) is 111 cm³/mol. The van der Waals surface area contributed by atoms with Crippen molar-refractivity contribution in [3.05, 3.63) is 88.5 Å². The second kappa shape index (κ2) is 7.97. The zero-order valence-corrected chi connectivity index (χ0v) is 16.1. The predicted octanol–water partition coefficient (Wildman–Crippen LogP) is 5.87. The van der Waals surface area contributed by atoms with E-state index in [2.05, 4.69) is 9.97 Å². The van der Waals surface area contributed by atoms with Gasteiger partial charge in [-0.1, -0.05) is 35.3 Å². The first-order valence-corrected chi connectivity index (χ1v) is 9.29. The molecule has 4 rings (SSSR count). The lowest BCUT2D eigenvalue weighted by Crippen LogP contribution is -2.11. The van der Waals surface area contributed by atoms with Crippen LogP contribution in [0, 0.1) is 0 Å². The molecule has 6 heteroatoms. The molecule has 1 heterocycles. The lowest BCUT2D eigenvalue weighted by atomic mass is 10.1. The van der Waals surface area contributed by atoms with Gasteiger partial charge in [-0.25, -0.2) is 4.98 Å². The number of halogens is 2. The normalized spacial score (nSPS) is 10.8. The molecule has 138 valence electrons. The molecule has 0 amide bonds. The van der Waals surface area contributed by atoms with Crippen LogP contribution in [0.1, 0.15) is 10.4 Å². The van der Waals surface area contributed by atoms with Crippen LogP contribution >= 0.6 is 23.2 Å². The van der Waals surface area contributed by atoms with Crippen molar-refractivity contribution in [2.45, 2.75) is 0 Å². The van der Waals surface area contributed by atoms with Gasteiger partial charge in [0.2, 0.25) is 0 Å². The van der Waals surface area contributed by atoms with E-state index in [9.17, 15) is 4.79 Å². The quantitative estimate of drug-likeness (QED) is 0.387. The molecule has 0 spiro atoms. The Kier molecular flexibility index (Phi) is 5.24. The number of para-hydroxylation sites is 2. The van der Waals surface area contributed by atoms with Crippen LogP contribution < -0.4 is 4.74 Å². The number of ether oxygens (including phenoxy) is 1. The second-order valence-corrected chi connectivity index (χ2v) is 6.92. The van der Waals surface area contributed by atoms with Gasteiger partial charge in [0.15, 0.2) is 12.4 Å². The molecule has 28 heavy (non-hydrogen) atoms. The number of hydrogen-bond donors (Lipinski definition) is 0. The van der Waals surface area contributed by atoms with Crippen LogP contribution in [0.4, 0.5) is 0 Å². The van der Waals surface area contributed by atoms with Crippen molar-refractivity contribution in [1.82, 2.24) is 9.97 Å². The van der Waals surface area contributed by atoms with Crippen molar-refractivity contribution in [3.63, 3.8) is 0 Å². The monoisotopic (exact) mass is 408 g/mol. The lowest BCUT2D eigenvalue weighted by Gasteiger charge is -2.08. The topological polar surface area (TPSA) is 52.1 Å². The first-order chi connectivity index (χ1) is 13.6. The molecule has 0 aliphatic heterocycles. The minimum absolute atomic E-state index is 0.0902. The van der Waals surface area contributed by atoms with E-state index < -0.39 is 0 Å². The molecule has 4 aromatic rings. The van der Waals surface area contributed by atoms with E-state index in [0.29, 0.717) is 21.4 Å². The van der Waals surface area contributed by atoms with Crippen molar-refractivity contribution in [2.24, 2.45) is 0 Å². The van der Waals surface area contributed by atoms with Gasteiger partial charge in [-0.15, -0.1) is 0 Å². The molecule has 0 unspecified atom stereocenters. The highest BCUT2D eigenvalue weighted by molar-refractivity contribution is 6.42. The number of aromatic nitrogens is 2. The molecule has 0 saturated carbocycles. The minimum Gasteiger partial charge on any atom is -0.485 e. The Bertz CT molecular complexity index is 1160. The first-order valence-electron chi connectivity index (χ1n) is 8.53. The van der Waals surface area contributed by atoms with Gasteiger partial charge in [-0.05, 0) is 54.6 Å². The molecule has 1 aromatic heterocycles. The van der Waals surface area contributed by atoms with Gasteiger partial charge in [0.1, 0.15) is 5.75 Å². The number of carbonyl (C=O) groups is 1. The van der Waals surface area contributed by atoms with Gasteiger partial charge in [-0.2, -0.15) is 0 Å². The molecular weight excluding hydrogens is 395 g/mol. The summed E-state index contributed by atoms with van der Waals surface area (Å²) in [4.78, 5) is 21.3. The Morgan fingerprint density at radius 2 is 1.64 bits per heavy atom. The molecule has 0 fully saturated rings. The summed E-state index contributed by atoms with van der Waals surface area (Å²) in [5.41, 5.74) is 3.84. The Morgan fingerprint density at radius 1 is 0.893 bits per heavy atom. The van der Waals surface area contributed by atoms with Gasteiger partial charge in [-0.3, -0.25) is 9.78 Å². The standard InChI is InChI=1S/C22H14Cl2N2O2/c23-17-10-7-15(11-18(17)24)22(27)13-28-16-8-5-14(6-9-16)21-12-25-19-3-1-2-4-20(19)26-21/h1-12H,13H2. The molecule has 0 atom stereocenters. The first kappa shape index (κ1) is 18.4. The molecule has 4 nitrogen and oxygen atoms in total. The van der Waals surface area contributed by atoms with E-state index >= 15 is 0 Å². The smallest absolute Gasteiger partial charge is 0.200 e. The number of Topliss-reactive ketones (excluding diaryl/α,β-unsaturated/α-hetero) is 1. The number of ketones is 1. The number of benzene rings is 3. The summed E-state index contributed by atoms with van der Waals surface area (Å²) in [6.45, 7) is -0.0902. The number of hydrogen-bond acceptors (Lipinski definition) is 4. The van der Waals surface area contributed by atoms with Crippen LogP contribution in [0.25, 0.3) is 22.3 Å². The molecule has 0 aliphatic carbocycles. The minimum atomic E-state index is -0.178. The SMILES string of the molecule is O=C(COc1ccc(-c2cnc3ccccc3n2)cc1)c1ccc(Cl)c(Cl)c1. The van der Waals surface area contributed by atoms with Crippen LogP contribution in [0.3, 0.4) is 0 Å². The average molecular weight is 409 g/mol. The molecule has 0 radical (unpaired) electrons. The lowest BCUT2D eigenvalue weighted by molar-refractivity contribution is 0.0921. The van der Waals surface area contributed by atoms with Crippen LogP contribution in [0.2, 0.25) is 10.0 Å². The largest absolute Gasteiger partial charge is 0.485 e. The molecule has 3 aromatic carbocycles. The number of fused-ring (bicyclic) bond motifs is 1. The van der Waals surface area contributed by atoms with E-state index in [1.807, 2.05) is 36.4 Å². The maximum Gasteiger partial charge on any atom is 0.200 e. The Balaban J connectivity index is 1.45. The van der Waals surface area contributed by atoms with E-state index in [1.54, 1.807) is 30.5 Å². The van der Waals surface area contributed by atoms with E-state index in [4.69, 9.17) is 27.9 Å². The fourth-order valence-electron chi connectivity index (χ4n) is 2.72. The summed E-state index contributed by atoms with van der Waals surface area (Å²) in [6.07, 6.45) is 1.74. The number of rotatable bonds is 5. The maximum atomic E-state index is 12.2. The van der Waals surface area contributed by atoms with E-state index in [1.165, 1.54) is 6.07 Å². The van der Waals surface area contributed by atoms with Crippen molar-refractivity contribution in [3.8, 4) is 17.0 Å². The van der Waals surface area contributed by atoms with Crippen molar-refractivity contribution >= 4 is 40.0 Å². The third-order valence-electron chi connectivity index (χ3n) is 4.21. The summed E-state index contributed by atoms with van der Waals surface area (Å²) < 4.78 is 5.59. The zero-order valence-electron chi connectivity index (χ0n) is 14.6. The Hall–Kier alpha value is -2.95. The fraction of sp³-hybridized carbons (Fsp3) is 0.0455. The van der Waals surface area contributed by atoms with Crippen LogP contribution in [0.15, 0.2) is 72.9 Å². The second-order valence-electron chi connectivity index (χ2n) is 6.11. The Morgan fingerprint density at radius 3 is 2.39 bits per heavy atom. The number of nitrogens with zero attached hydrogens (tertiary/aromatic N) is 2. The molecule has 0 N–H and O–H groups in total. The zero-order chi connectivity index (χ0) is 19.5. The van der Waals surface area contributed by atoms with Gasteiger partial charge < -0.3 is 4.74 Å². The molecule has 0 saturated heterocycles. The van der Waals surface area contributed by atoms with Crippen LogP contribution in [-0.4, -0.2) is 22.4 Å².